The number of nitrogens with zero attached hydrogens (tertiary/aromatic N) is 1. The van der Waals surface area contributed by atoms with Crippen molar-refractivity contribution >= 4 is 23.5 Å². The maximum atomic E-state index is 13.7. The molecule has 3 N–H and O–H groups in total. The predicted molar refractivity (Wildman–Crippen MR) is 115 cm³/mol. The van der Waals surface area contributed by atoms with Crippen molar-refractivity contribution in [2.75, 3.05) is 4.72 Å². The molecule has 2 aromatic rings. The van der Waals surface area contributed by atoms with E-state index in [1.165, 1.54) is 28.8 Å². The summed E-state index contributed by atoms with van der Waals surface area (Å²) in [4.78, 5) is 24.9. The van der Waals surface area contributed by atoms with E-state index < -0.39 is 6.10 Å². The Bertz CT molecular complexity index is 857. The van der Waals surface area contributed by atoms with Crippen LogP contribution in [0.1, 0.15) is 38.7 Å². The summed E-state index contributed by atoms with van der Waals surface area (Å²) in [5.41, 5.74) is 0.516. The third kappa shape index (κ3) is 7.21. The summed E-state index contributed by atoms with van der Waals surface area (Å²) in [5, 5.41) is 12.6. The smallest absolute Gasteiger partial charge is 0.275 e. The maximum absolute atomic E-state index is 13.7. The molecule has 0 saturated carbocycles. The van der Waals surface area contributed by atoms with Crippen molar-refractivity contribution in [1.82, 2.24) is 9.88 Å². The van der Waals surface area contributed by atoms with Gasteiger partial charge < -0.3 is 19.7 Å². The number of amides is 1. The van der Waals surface area contributed by atoms with Crippen LogP contribution < -0.4 is 15.6 Å². The normalized spacial score (nSPS) is 13.0. The highest BCUT2D eigenvalue weighted by molar-refractivity contribution is 7.99. The number of aliphatic hydroxyl groups is 1. The van der Waals surface area contributed by atoms with Gasteiger partial charge in [-0.3, -0.25) is 9.59 Å². The van der Waals surface area contributed by atoms with Crippen LogP contribution in [0, 0.1) is 5.82 Å². The Hall–Kier alpha value is -2.32. The quantitative estimate of drug-likeness (QED) is 0.485. The molecule has 0 radical (unpaired) electrons. The molecule has 0 aliphatic rings. The van der Waals surface area contributed by atoms with E-state index in [0.29, 0.717) is 23.4 Å². The Balaban J connectivity index is 1.96. The lowest BCUT2D eigenvalue weighted by Crippen LogP contribution is -2.44. The second kappa shape index (κ2) is 11.6. The second-order valence-corrected chi connectivity index (χ2v) is 7.68. The van der Waals surface area contributed by atoms with Crippen LogP contribution in [0.3, 0.4) is 0 Å². The number of pyridine rings is 1. The number of anilines is 1. The Kier molecular flexibility index (Phi) is 9.21. The summed E-state index contributed by atoms with van der Waals surface area (Å²) in [7, 11) is 0. The number of halogens is 1. The topological polar surface area (TPSA) is 83.4 Å². The molecule has 2 unspecified atom stereocenters. The van der Waals surface area contributed by atoms with Crippen LogP contribution in [0.25, 0.3) is 0 Å². The van der Waals surface area contributed by atoms with Crippen LogP contribution >= 0.6 is 11.9 Å². The molecular weight excluding hydrogens is 393 g/mol. The predicted octanol–water partition coefficient (Wildman–Crippen LogP) is 3.30. The molecule has 1 aromatic carbocycles. The van der Waals surface area contributed by atoms with Gasteiger partial charge in [0.25, 0.3) is 5.56 Å². The Morgan fingerprint density at radius 3 is 2.72 bits per heavy atom. The lowest BCUT2D eigenvalue weighted by atomic mass is 10.1. The molecule has 8 heteroatoms. The molecule has 1 heterocycles. The van der Waals surface area contributed by atoms with E-state index in [4.69, 9.17) is 0 Å². The number of carbonyl (C=O) groups excluding carboxylic acids is 1. The highest BCUT2D eigenvalue weighted by Crippen LogP contribution is 2.16. The number of aliphatic hydroxyl groups excluding tert-OH is 1. The summed E-state index contributed by atoms with van der Waals surface area (Å²) in [6.07, 6.45) is 3.43. The SMILES string of the molecule is CCCCC(NC(=O)Cn1cccc(NSCc2ccccc2F)c1=O)C(C)O. The highest BCUT2D eigenvalue weighted by atomic mass is 32.2. The van der Waals surface area contributed by atoms with Gasteiger partial charge in [-0.2, -0.15) is 0 Å². The average molecular weight is 422 g/mol. The average Bonchev–Trinajstić information content (AvgIpc) is 2.69. The van der Waals surface area contributed by atoms with Gasteiger partial charge in [-0.1, -0.05) is 38.0 Å². The largest absolute Gasteiger partial charge is 0.391 e. The number of benzene rings is 1. The molecule has 0 spiro atoms. The van der Waals surface area contributed by atoms with Gasteiger partial charge in [0.2, 0.25) is 5.91 Å². The van der Waals surface area contributed by atoms with Gasteiger partial charge in [0.15, 0.2) is 0 Å². The van der Waals surface area contributed by atoms with Crippen LogP contribution in [0.15, 0.2) is 47.4 Å². The molecule has 1 amide bonds. The molecular formula is C21H28FN3O3S. The molecule has 0 saturated heterocycles. The summed E-state index contributed by atoms with van der Waals surface area (Å²) in [5.74, 6) is -0.264. The van der Waals surface area contributed by atoms with E-state index in [-0.39, 0.29) is 29.9 Å². The zero-order chi connectivity index (χ0) is 21.2. The zero-order valence-corrected chi connectivity index (χ0v) is 17.5. The van der Waals surface area contributed by atoms with E-state index in [9.17, 15) is 19.1 Å². The number of aromatic nitrogens is 1. The zero-order valence-electron chi connectivity index (χ0n) is 16.7. The van der Waals surface area contributed by atoms with Gasteiger partial charge in [0.1, 0.15) is 18.0 Å². The monoisotopic (exact) mass is 421 g/mol. The van der Waals surface area contributed by atoms with E-state index in [0.717, 1.165) is 12.8 Å². The van der Waals surface area contributed by atoms with Crippen molar-refractivity contribution in [3.63, 3.8) is 0 Å². The van der Waals surface area contributed by atoms with Gasteiger partial charge in [0, 0.05) is 11.9 Å². The number of unbranched alkanes of at least 4 members (excludes halogenated alkanes) is 1. The van der Waals surface area contributed by atoms with E-state index in [1.807, 2.05) is 6.92 Å². The number of hydrogen-bond donors (Lipinski definition) is 3. The minimum Gasteiger partial charge on any atom is -0.391 e. The first-order chi connectivity index (χ1) is 13.9. The Labute approximate surface area is 174 Å². The van der Waals surface area contributed by atoms with E-state index in [2.05, 4.69) is 10.0 Å². The maximum Gasteiger partial charge on any atom is 0.275 e. The fourth-order valence-electron chi connectivity index (χ4n) is 2.81. The molecule has 29 heavy (non-hydrogen) atoms. The lowest BCUT2D eigenvalue weighted by molar-refractivity contribution is -0.123. The molecule has 0 fully saturated rings. The van der Waals surface area contributed by atoms with Crippen LogP contribution in [-0.4, -0.2) is 27.7 Å². The summed E-state index contributed by atoms with van der Waals surface area (Å²) < 4.78 is 17.9. The minimum absolute atomic E-state index is 0.137. The molecule has 0 bridgehead atoms. The Morgan fingerprint density at radius 2 is 2.03 bits per heavy atom. The second-order valence-electron chi connectivity index (χ2n) is 6.89. The summed E-state index contributed by atoms with van der Waals surface area (Å²) in [6.45, 7) is 3.55. The standard InChI is InChI=1S/C21H28FN3O3S/c1-3-4-10-18(15(2)26)23-20(27)13-25-12-7-11-19(21(25)28)24-29-14-16-8-5-6-9-17(16)22/h5-9,11-12,15,18,24,26H,3-4,10,13-14H2,1-2H3,(H,23,27). The molecule has 2 rings (SSSR count). The van der Waals surface area contributed by atoms with Crippen molar-refractivity contribution in [2.45, 2.75) is 57.6 Å². The van der Waals surface area contributed by atoms with Gasteiger partial charge in [-0.05, 0) is 49.1 Å². The number of hydrogen-bond acceptors (Lipinski definition) is 5. The van der Waals surface area contributed by atoms with Crippen molar-refractivity contribution in [3.8, 4) is 0 Å². The van der Waals surface area contributed by atoms with Crippen molar-refractivity contribution in [3.05, 3.63) is 64.3 Å². The van der Waals surface area contributed by atoms with Crippen LogP contribution in [0.2, 0.25) is 0 Å². The summed E-state index contributed by atoms with van der Waals surface area (Å²) >= 11 is 1.20. The van der Waals surface area contributed by atoms with Gasteiger partial charge in [-0.25, -0.2) is 4.39 Å². The lowest BCUT2D eigenvalue weighted by Gasteiger charge is -2.21. The fraction of sp³-hybridized carbons (Fsp3) is 0.429. The van der Waals surface area contributed by atoms with Crippen LogP contribution in [0.4, 0.5) is 10.1 Å². The first-order valence-electron chi connectivity index (χ1n) is 9.70. The third-order valence-electron chi connectivity index (χ3n) is 4.50. The third-order valence-corrected chi connectivity index (χ3v) is 5.32. The van der Waals surface area contributed by atoms with Gasteiger partial charge in [0.05, 0.1) is 12.1 Å². The molecule has 0 aliphatic carbocycles. The van der Waals surface area contributed by atoms with Crippen LogP contribution in [-0.2, 0) is 17.1 Å². The highest BCUT2D eigenvalue weighted by Gasteiger charge is 2.17. The molecule has 0 aliphatic heterocycles. The van der Waals surface area contributed by atoms with Crippen LogP contribution in [0.5, 0.6) is 0 Å². The molecule has 2 atom stereocenters. The number of nitrogens with one attached hydrogen (secondary N) is 2. The number of carbonyl (C=O) groups is 1. The van der Waals surface area contributed by atoms with E-state index in [1.54, 1.807) is 37.3 Å². The van der Waals surface area contributed by atoms with Crippen molar-refractivity contribution in [2.24, 2.45) is 0 Å². The van der Waals surface area contributed by atoms with Gasteiger partial charge >= 0.3 is 0 Å². The minimum atomic E-state index is -0.662. The van der Waals surface area contributed by atoms with E-state index >= 15 is 0 Å². The first-order valence-corrected chi connectivity index (χ1v) is 10.7. The van der Waals surface area contributed by atoms with Gasteiger partial charge in [-0.15, -0.1) is 0 Å². The summed E-state index contributed by atoms with van der Waals surface area (Å²) in [6, 6.07) is 9.42. The number of rotatable bonds is 11. The molecule has 158 valence electrons. The first kappa shape index (κ1) is 23.0. The molecule has 1 aromatic heterocycles. The molecule has 6 nitrogen and oxygen atoms in total. The van der Waals surface area contributed by atoms with Crippen molar-refractivity contribution in [1.29, 1.82) is 0 Å². The Morgan fingerprint density at radius 1 is 1.28 bits per heavy atom. The van der Waals surface area contributed by atoms with Crippen molar-refractivity contribution < 1.29 is 14.3 Å². The fourth-order valence-corrected chi connectivity index (χ4v) is 3.58.